The summed E-state index contributed by atoms with van der Waals surface area (Å²) >= 11 is 3.45. The van der Waals surface area contributed by atoms with Gasteiger partial charge < -0.3 is 10.8 Å². The van der Waals surface area contributed by atoms with E-state index in [0.29, 0.717) is 0 Å². The van der Waals surface area contributed by atoms with Gasteiger partial charge in [-0.2, -0.15) is 0 Å². The number of aliphatic hydroxyl groups excluding tert-OH is 1. The van der Waals surface area contributed by atoms with Crippen LogP contribution in [0, 0.1) is 0 Å². The van der Waals surface area contributed by atoms with Crippen molar-refractivity contribution in [2.24, 2.45) is 5.73 Å². The smallest absolute Gasteiger partial charge is 0.0653 e. The molecule has 0 saturated heterocycles. The van der Waals surface area contributed by atoms with Gasteiger partial charge in [-0.3, -0.25) is 0 Å². The van der Waals surface area contributed by atoms with Gasteiger partial charge in [0.1, 0.15) is 0 Å². The summed E-state index contributed by atoms with van der Waals surface area (Å²) in [7, 11) is 0. The quantitative estimate of drug-likeness (QED) is 0.806. The first-order chi connectivity index (χ1) is 6.65. The van der Waals surface area contributed by atoms with Gasteiger partial charge in [-0.15, -0.1) is 0 Å². The van der Waals surface area contributed by atoms with Crippen LogP contribution in [-0.2, 0) is 12.0 Å². The molecule has 1 aliphatic rings. The van der Waals surface area contributed by atoms with E-state index in [9.17, 15) is 5.11 Å². The van der Waals surface area contributed by atoms with Crippen molar-refractivity contribution in [3.63, 3.8) is 0 Å². The Labute approximate surface area is 92.3 Å². The van der Waals surface area contributed by atoms with Crippen molar-refractivity contribution < 1.29 is 5.11 Å². The monoisotopic (exact) mass is 255 g/mol. The second-order valence-electron chi connectivity index (χ2n) is 3.97. The number of halogens is 1. The van der Waals surface area contributed by atoms with Gasteiger partial charge in [0.05, 0.1) is 12.1 Å². The number of hydrogen-bond acceptors (Lipinski definition) is 2. The average molecular weight is 256 g/mol. The number of fused-ring (bicyclic) bond motifs is 1. The summed E-state index contributed by atoms with van der Waals surface area (Å²) in [5.41, 5.74) is 8.01. The third kappa shape index (κ3) is 1.60. The molecule has 0 bridgehead atoms. The van der Waals surface area contributed by atoms with Crippen LogP contribution in [0.25, 0.3) is 0 Å². The van der Waals surface area contributed by atoms with Crippen LogP contribution in [0.2, 0.25) is 0 Å². The Kier molecular flexibility index (Phi) is 2.64. The molecule has 2 nitrogen and oxygen atoms in total. The molecule has 3 N–H and O–H groups in total. The summed E-state index contributed by atoms with van der Waals surface area (Å²) in [5.74, 6) is 0. The lowest BCUT2D eigenvalue weighted by atomic mass is 9.78. The summed E-state index contributed by atoms with van der Waals surface area (Å²) in [5, 5.41) is 9.33. The van der Waals surface area contributed by atoms with E-state index in [-0.39, 0.29) is 6.61 Å². The van der Waals surface area contributed by atoms with E-state index < -0.39 is 5.54 Å². The Bertz CT molecular complexity index is 353. The molecule has 1 aromatic rings. The second-order valence-corrected chi connectivity index (χ2v) is 4.88. The summed E-state index contributed by atoms with van der Waals surface area (Å²) in [6.45, 7) is 0.0294. The number of aliphatic hydroxyl groups is 1. The summed E-state index contributed by atoms with van der Waals surface area (Å²) in [6.07, 6.45) is 2.99. The van der Waals surface area contributed by atoms with Crippen molar-refractivity contribution >= 4 is 15.9 Å². The average Bonchev–Trinajstić information content (AvgIpc) is 2.18. The van der Waals surface area contributed by atoms with Crippen molar-refractivity contribution in [2.45, 2.75) is 24.8 Å². The molecule has 76 valence electrons. The van der Waals surface area contributed by atoms with Crippen LogP contribution in [0.15, 0.2) is 22.7 Å². The van der Waals surface area contributed by atoms with E-state index >= 15 is 0 Å². The third-order valence-corrected chi connectivity index (χ3v) is 3.45. The molecular formula is C11H14BrNO. The van der Waals surface area contributed by atoms with Crippen LogP contribution >= 0.6 is 15.9 Å². The molecule has 1 atom stereocenters. The van der Waals surface area contributed by atoms with E-state index in [2.05, 4.69) is 22.0 Å². The Morgan fingerprint density at radius 2 is 2.29 bits per heavy atom. The fourth-order valence-electron chi connectivity index (χ4n) is 2.15. The van der Waals surface area contributed by atoms with Crippen molar-refractivity contribution in [1.82, 2.24) is 0 Å². The zero-order chi connectivity index (χ0) is 10.2. The lowest BCUT2D eigenvalue weighted by Crippen LogP contribution is -2.43. The minimum absolute atomic E-state index is 0.0294. The molecule has 0 radical (unpaired) electrons. The minimum atomic E-state index is -0.520. The molecule has 1 aromatic carbocycles. The molecular weight excluding hydrogens is 242 g/mol. The molecule has 0 heterocycles. The lowest BCUT2D eigenvalue weighted by molar-refractivity contribution is 0.179. The Hall–Kier alpha value is -0.380. The van der Waals surface area contributed by atoms with E-state index in [4.69, 9.17) is 5.73 Å². The maximum Gasteiger partial charge on any atom is 0.0653 e. The zero-order valence-electron chi connectivity index (χ0n) is 7.96. The highest BCUT2D eigenvalue weighted by molar-refractivity contribution is 9.10. The number of aryl methyl sites for hydroxylation is 1. The maximum absolute atomic E-state index is 9.33. The Morgan fingerprint density at radius 3 is 3.00 bits per heavy atom. The topological polar surface area (TPSA) is 46.2 Å². The SMILES string of the molecule is NC1(CO)CCCc2cc(Br)ccc21. The molecule has 0 aromatic heterocycles. The van der Waals surface area contributed by atoms with Gasteiger partial charge >= 0.3 is 0 Å². The van der Waals surface area contributed by atoms with Gasteiger partial charge in [-0.1, -0.05) is 22.0 Å². The van der Waals surface area contributed by atoms with Crippen LogP contribution in [0.5, 0.6) is 0 Å². The van der Waals surface area contributed by atoms with Gasteiger partial charge in [-0.25, -0.2) is 0 Å². The van der Waals surface area contributed by atoms with Crippen molar-refractivity contribution in [3.8, 4) is 0 Å². The number of nitrogens with two attached hydrogens (primary N) is 1. The molecule has 0 aliphatic heterocycles. The standard InChI is InChI=1S/C11H14BrNO/c12-9-3-4-10-8(6-9)2-1-5-11(10,13)7-14/h3-4,6,14H,1-2,5,7,13H2. The Balaban J connectivity index is 2.50. The fourth-order valence-corrected chi connectivity index (χ4v) is 2.56. The highest BCUT2D eigenvalue weighted by atomic mass is 79.9. The maximum atomic E-state index is 9.33. The predicted octanol–water partition coefficient (Wildman–Crippen LogP) is 1.93. The van der Waals surface area contributed by atoms with E-state index in [1.54, 1.807) is 0 Å². The van der Waals surface area contributed by atoms with Crippen LogP contribution < -0.4 is 5.73 Å². The van der Waals surface area contributed by atoms with E-state index in [1.807, 2.05) is 12.1 Å². The predicted molar refractivity (Wildman–Crippen MR) is 60.0 cm³/mol. The van der Waals surface area contributed by atoms with Crippen molar-refractivity contribution in [1.29, 1.82) is 0 Å². The van der Waals surface area contributed by atoms with Gasteiger partial charge in [0.25, 0.3) is 0 Å². The first-order valence-corrected chi connectivity index (χ1v) is 5.64. The van der Waals surface area contributed by atoms with E-state index in [1.165, 1.54) is 5.56 Å². The minimum Gasteiger partial charge on any atom is -0.394 e. The molecule has 0 spiro atoms. The van der Waals surface area contributed by atoms with E-state index in [0.717, 1.165) is 29.3 Å². The molecule has 3 heteroatoms. The molecule has 1 unspecified atom stereocenters. The van der Waals surface area contributed by atoms with Gasteiger partial charge in [0.15, 0.2) is 0 Å². The summed E-state index contributed by atoms with van der Waals surface area (Å²) < 4.78 is 1.08. The molecule has 0 saturated carbocycles. The first kappa shape index (κ1) is 10.1. The highest BCUT2D eigenvalue weighted by Crippen LogP contribution is 2.34. The van der Waals surface area contributed by atoms with Crippen LogP contribution in [0.1, 0.15) is 24.0 Å². The number of hydrogen-bond donors (Lipinski definition) is 2. The number of rotatable bonds is 1. The van der Waals surface area contributed by atoms with Crippen LogP contribution in [0.4, 0.5) is 0 Å². The van der Waals surface area contributed by atoms with Gasteiger partial charge in [0, 0.05) is 4.47 Å². The first-order valence-electron chi connectivity index (χ1n) is 4.84. The third-order valence-electron chi connectivity index (χ3n) is 2.95. The lowest BCUT2D eigenvalue weighted by Gasteiger charge is -2.34. The largest absolute Gasteiger partial charge is 0.394 e. The normalized spacial score (nSPS) is 25.9. The van der Waals surface area contributed by atoms with Crippen LogP contribution in [-0.4, -0.2) is 11.7 Å². The fraction of sp³-hybridized carbons (Fsp3) is 0.455. The van der Waals surface area contributed by atoms with Gasteiger partial charge in [-0.05, 0) is 42.5 Å². The van der Waals surface area contributed by atoms with Crippen LogP contribution in [0.3, 0.4) is 0 Å². The molecule has 0 fully saturated rings. The van der Waals surface area contributed by atoms with Crippen molar-refractivity contribution in [2.75, 3.05) is 6.61 Å². The van der Waals surface area contributed by atoms with Gasteiger partial charge in [0.2, 0.25) is 0 Å². The molecule has 1 aliphatic carbocycles. The van der Waals surface area contributed by atoms with Crippen molar-refractivity contribution in [3.05, 3.63) is 33.8 Å². The second kappa shape index (κ2) is 3.65. The molecule has 14 heavy (non-hydrogen) atoms. The highest BCUT2D eigenvalue weighted by Gasteiger charge is 2.31. The summed E-state index contributed by atoms with van der Waals surface area (Å²) in [6, 6.07) is 6.11. The molecule has 2 rings (SSSR count). The number of benzene rings is 1. The zero-order valence-corrected chi connectivity index (χ0v) is 9.55. The Morgan fingerprint density at radius 1 is 1.50 bits per heavy atom. The summed E-state index contributed by atoms with van der Waals surface area (Å²) in [4.78, 5) is 0. The molecule has 0 amide bonds.